The fourth-order valence-electron chi connectivity index (χ4n) is 1.18. The minimum Gasteiger partial charge on any atom is -0.496 e. The van der Waals surface area contributed by atoms with Crippen molar-refractivity contribution in [1.29, 1.82) is 0 Å². The molecule has 0 saturated carbocycles. The Labute approximate surface area is 94.4 Å². The van der Waals surface area contributed by atoms with Crippen LogP contribution in [-0.4, -0.2) is 17.7 Å². The van der Waals surface area contributed by atoms with Gasteiger partial charge < -0.3 is 4.74 Å². The number of methoxy groups -OCH3 is 1. The van der Waals surface area contributed by atoms with E-state index in [1.807, 2.05) is 15.9 Å². The molecule has 2 nitrogen and oxygen atoms in total. The number of benzene rings is 1. The molecule has 5 heteroatoms. The predicted octanol–water partition coefficient (Wildman–Crippen LogP) is 3.17. The van der Waals surface area contributed by atoms with E-state index in [4.69, 9.17) is 4.74 Å². The number of alkyl halides is 3. The second-order valence-electron chi connectivity index (χ2n) is 3.01. The van der Waals surface area contributed by atoms with E-state index in [-0.39, 0.29) is 5.56 Å². The van der Waals surface area contributed by atoms with Crippen LogP contribution in [0.4, 0.5) is 8.78 Å². The van der Waals surface area contributed by atoms with E-state index in [0.29, 0.717) is 11.3 Å². The highest BCUT2D eigenvalue weighted by atomic mass is 79.9. The summed E-state index contributed by atoms with van der Waals surface area (Å²) in [5, 5.41) is 0. The van der Waals surface area contributed by atoms with Crippen LogP contribution in [0, 0.1) is 6.92 Å². The first-order chi connectivity index (χ1) is 6.86. The summed E-state index contributed by atoms with van der Waals surface area (Å²) in [6.07, 6.45) is 0. The molecule has 0 spiro atoms. The first-order valence-electron chi connectivity index (χ1n) is 4.12. The Balaban J connectivity index is 3.08. The van der Waals surface area contributed by atoms with Crippen LogP contribution in [0.2, 0.25) is 0 Å². The normalized spacial score (nSPS) is 11.3. The maximum Gasteiger partial charge on any atom is 0.363 e. The summed E-state index contributed by atoms with van der Waals surface area (Å²) in [6, 6.07) is 4.17. The number of carbonyl (C=O) groups excluding carboxylic acids is 1. The van der Waals surface area contributed by atoms with Crippen molar-refractivity contribution in [3.8, 4) is 5.75 Å². The van der Waals surface area contributed by atoms with Gasteiger partial charge in [0.1, 0.15) is 5.75 Å². The van der Waals surface area contributed by atoms with E-state index >= 15 is 0 Å². The van der Waals surface area contributed by atoms with E-state index < -0.39 is 10.6 Å². The van der Waals surface area contributed by atoms with E-state index in [9.17, 15) is 13.6 Å². The number of hydrogen-bond donors (Lipinski definition) is 0. The average molecular weight is 279 g/mol. The molecular weight excluding hydrogens is 270 g/mol. The van der Waals surface area contributed by atoms with Crippen LogP contribution < -0.4 is 4.74 Å². The zero-order chi connectivity index (χ0) is 11.6. The largest absolute Gasteiger partial charge is 0.496 e. The summed E-state index contributed by atoms with van der Waals surface area (Å²) in [5.41, 5.74) is 0.593. The molecule has 0 aliphatic heterocycles. The summed E-state index contributed by atoms with van der Waals surface area (Å²) < 4.78 is 30.3. The Morgan fingerprint density at radius 3 is 2.47 bits per heavy atom. The third-order valence-electron chi connectivity index (χ3n) is 1.91. The average Bonchev–Trinajstić information content (AvgIpc) is 2.15. The van der Waals surface area contributed by atoms with Crippen molar-refractivity contribution in [3.05, 3.63) is 29.3 Å². The van der Waals surface area contributed by atoms with E-state index in [1.54, 1.807) is 6.92 Å². The molecule has 0 atom stereocenters. The Bertz CT molecular complexity index is 385. The molecule has 0 fully saturated rings. The lowest BCUT2D eigenvalue weighted by molar-refractivity contribution is 0.0592. The van der Waals surface area contributed by atoms with Crippen LogP contribution in [0.15, 0.2) is 18.2 Å². The number of halogens is 3. The van der Waals surface area contributed by atoms with Crippen molar-refractivity contribution in [3.63, 3.8) is 0 Å². The topological polar surface area (TPSA) is 26.3 Å². The van der Waals surface area contributed by atoms with Crippen molar-refractivity contribution >= 4 is 21.7 Å². The van der Waals surface area contributed by atoms with Crippen LogP contribution in [0.3, 0.4) is 0 Å². The molecule has 0 aliphatic rings. The standard InChI is InChI=1S/C10H9BrF2O2/c1-6-5-7(3-4-8(6)15-2)9(14)10(11,12)13/h3-5H,1-2H3. The van der Waals surface area contributed by atoms with Gasteiger partial charge in [0.15, 0.2) is 0 Å². The number of Topliss-reactive ketones (excluding diaryl/α,β-unsaturated/α-hetero) is 1. The first kappa shape index (κ1) is 12.1. The van der Waals surface area contributed by atoms with Gasteiger partial charge in [-0.2, -0.15) is 8.78 Å². The molecule has 1 aromatic carbocycles. The smallest absolute Gasteiger partial charge is 0.363 e. The van der Waals surface area contributed by atoms with E-state index in [1.165, 1.54) is 25.3 Å². The number of ether oxygens (including phenoxy) is 1. The maximum atomic E-state index is 12.7. The Morgan fingerprint density at radius 1 is 1.47 bits per heavy atom. The number of ketones is 1. The van der Waals surface area contributed by atoms with Crippen LogP contribution in [0.25, 0.3) is 0 Å². The number of hydrogen-bond acceptors (Lipinski definition) is 2. The predicted molar refractivity (Wildman–Crippen MR) is 55.9 cm³/mol. The quantitative estimate of drug-likeness (QED) is 0.627. The lowest BCUT2D eigenvalue weighted by Crippen LogP contribution is -2.20. The molecular formula is C10H9BrF2O2. The molecule has 0 saturated heterocycles. The van der Waals surface area contributed by atoms with Gasteiger partial charge in [-0.25, -0.2) is 0 Å². The minimum absolute atomic E-state index is 0.0461. The molecule has 0 aliphatic carbocycles. The Hall–Kier alpha value is -0.970. The van der Waals surface area contributed by atoms with Crippen LogP contribution in [0.1, 0.15) is 15.9 Å². The summed E-state index contributed by atoms with van der Waals surface area (Å²) in [6.45, 7) is 1.68. The lowest BCUT2D eigenvalue weighted by Gasteiger charge is -2.09. The van der Waals surface area contributed by atoms with Gasteiger partial charge in [0.25, 0.3) is 0 Å². The molecule has 1 rings (SSSR count). The number of aryl methyl sites for hydroxylation is 1. The minimum atomic E-state index is -3.52. The third kappa shape index (κ3) is 2.75. The molecule has 82 valence electrons. The van der Waals surface area contributed by atoms with E-state index in [2.05, 4.69) is 0 Å². The summed E-state index contributed by atoms with van der Waals surface area (Å²) in [5.74, 6) is -0.697. The van der Waals surface area contributed by atoms with Crippen LogP contribution >= 0.6 is 15.9 Å². The molecule has 0 radical (unpaired) electrons. The van der Waals surface area contributed by atoms with Gasteiger partial charge in [-0.3, -0.25) is 4.79 Å². The highest BCUT2D eigenvalue weighted by molar-refractivity contribution is 9.10. The maximum absolute atomic E-state index is 12.7. The van der Waals surface area contributed by atoms with Gasteiger partial charge in [0.2, 0.25) is 5.78 Å². The van der Waals surface area contributed by atoms with Crippen molar-refractivity contribution in [1.82, 2.24) is 0 Å². The van der Waals surface area contributed by atoms with Crippen molar-refractivity contribution < 1.29 is 18.3 Å². The SMILES string of the molecule is COc1ccc(C(=O)C(F)(F)Br)cc1C. The van der Waals surface area contributed by atoms with E-state index in [0.717, 1.165) is 0 Å². The molecule has 0 amide bonds. The van der Waals surface area contributed by atoms with Gasteiger partial charge in [-0.05, 0) is 46.6 Å². The zero-order valence-electron chi connectivity index (χ0n) is 8.18. The molecule has 0 bridgehead atoms. The molecule has 0 unspecified atom stereocenters. The monoisotopic (exact) mass is 278 g/mol. The molecule has 0 heterocycles. The van der Waals surface area contributed by atoms with Gasteiger partial charge in [0.05, 0.1) is 7.11 Å². The molecule has 15 heavy (non-hydrogen) atoms. The molecule has 0 aromatic heterocycles. The number of carbonyl (C=O) groups is 1. The Morgan fingerprint density at radius 2 is 2.07 bits per heavy atom. The summed E-state index contributed by atoms with van der Waals surface area (Å²) >= 11 is 2.03. The first-order valence-corrected chi connectivity index (χ1v) is 4.91. The van der Waals surface area contributed by atoms with Crippen molar-refractivity contribution in [2.75, 3.05) is 7.11 Å². The zero-order valence-corrected chi connectivity index (χ0v) is 9.77. The lowest BCUT2D eigenvalue weighted by atomic mass is 10.1. The van der Waals surface area contributed by atoms with Gasteiger partial charge in [-0.15, -0.1) is 0 Å². The second kappa shape index (κ2) is 4.26. The van der Waals surface area contributed by atoms with Crippen LogP contribution in [-0.2, 0) is 0 Å². The van der Waals surface area contributed by atoms with Crippen molar-refractivity contribution in [2.24, 2.45) is 0 Å². The summed E-state index contributed by atoms with van der Waals surface area (Å²) in [4.78, 5) is 7.66. The highest BCUT2D eigenvalue weighted by Crippen LogP contribution is 2.28. The van der Waals surface area contributed by atoms with Gasteiger partial charge in [-0.1, -0.05) is 0 Å². The molecule has 0 N–H and O–H groups in total. The van der Waals surface area contributed by atoms with Crippen molar-refractivity contribution in [2.45, 2.75) is 11.8 Å². The van der Waals surface area contributed by atoms with Gasteiger partial charge >= 0.3 is 4.83 Å². The molecule has 1 aromatic rings. The Kier molecular flexibility index (Phi) is 3.44. The fraction of sp³-hybridized carbons (Fsp3) is 0.300. The fourth-order valence-corrected chi connectivity index (χ4v) is 1.41. The second-order valence-corrected chi connectivity index (χ2v) is 4.01. The highest BCUT2D eigenvalue weighted by Gasteiger charge is 2.35. The third-order valence-corrected chi connectivity index (χ3v) is 2.27. The summed E-state index contributed by atoms with van der Waals surface area (Å²) in [7, 11) is 1.48. The van der Waals surface area contributed by atoms with Gasteiger partial charge in [0, 0.05) is 5.56 Å². The number of rotatable bonds is 3. The van der Waals surface area contributed by atoms with Crippen LogP contribution in [0.5, 0.6) is 5.75 Å².